The maximum atomic E-state index is 13.9. The third kappa shape index (κ3) is 3.72. The summed E-state index contributed by atoms with van der Waals surface area (Å²) in [5, 5.41) is 5.88. The van der Waals surface area contributed by atoms with Gasteiger partial charge in [-0.2, -0.15) is 4.98 Å². The van der Waals surface area contributed by atoms with E-state index in [9.17, 15) is 13.6 Å². The van der Waals surface area contributed by atoms with Crippen molar-refractivity contribution in [3.63, 3.8) is 0 Å². The van der Waals surface area contributed by atoms with E-state index >= 15 is 0 Å². The lowest BCUT2D eigenvalue weighted by atomic mass is 10.2. The molecule has 8 nitrogen and oxygen atoms in total. The topological polar surface area (TPSA) is 105 Å². The summed E-state index contributed by atoms with van der Waals surface area (Å²) in [6.45, 7) is 1.80. The van der Waals surface area contributed by atoms with Crippen molar-refractivity contribution >= 4 is 34.2 Å². The number of nitrogens with one attached hydrogen (secondary N) is 3. The summed E-state index contributed by atoms with van der Waals surface area (Å²) >= 11 is 0. The number of methoxy groups -OCH3 is 1. The van der Waals surface area contributed by atoms with Crippen molar-refractivity contribution in [1.29, 1.82) is 0 Å². The molecule has 0 spiro atoms. The number of halogens is 2. The van der Waals surface area contributed by atoms with Gasteiger partial charge in [0.05, 0.1) is 12.6 Å². The standard InChI is InChI=1S/C19H15F2N5O3/c1-9-8-22-18(24-11-5-12(20)16(28-2)13(21)6-11)26-17(9)23-10-3-4-15-14(7-10)25-19(27)29-15/h3-8H,1-2H3,(H,25,27)(H2,22,23,24,26). The molecule has 0 atom stereocenters. The second kappa shape index (κ2) is 7.23. The number of aromatic amines is 1. The van der Waals surface area contributed by atoms with Gasteiger partial charge in [0.25, 0.3) is 0 Å². The highest BCUT2D eigenvalue weighted by Crippen LogP contribution is 2.27. The molecule has 29 heavy (non-hydrogen) atoms. The highest BCUT2D eigenvalue weighted by Gasteiger charge is 2.13. The largest absolute Gasteiger partial charge is 0.491 e. The van der Waals surface area contributed by atoms with E-state index in [2.05, 4.69) is 30.3 Å². The molecule has 4 rings (SSSR count). The minimum absolute atomic E-state index is 0.132. The van der Waals surface area contributed by atoms with Crippen molar-refractivity contribution in [2.75, 3.05) is 17.7 Å². The summed E-state index contributed by atoms with van der Waals surface area (Å²) in [4.78, 5) is 22.3. The van der Waals surface area contributed by atoms with Gasteiger partial charge in [-0.15, -0.1) is 0 Å². The zero-order valence-corrected chi connectivity index (χ0v) is 15.3. The molecule has 2 heterocycles. The first-order valence-electron chi connectivity index (χ1n) is 8.46. The molecule has 0 aliphatic rings. The van der Waals surface area contributed by atoms with Crippen molar-refractivity contribution in [3.8, 4) is 5.75 Å². The molecule has 0 bridgehead atoms. The Morgan fingerprint density at radius 2 is 1.86 bits per heavy atom. The second-order valence-corrected chi connectivity index (χ2v) is 6.17. The van der Waals surface area contributed by atoms with Crippen molar-refractivity contribution in [3.05, 3.63) is 64.3 Å². The van der Waals surface area contributed by atoms with Gasteiger partial charge in [0.15, 0.2) is 23.0 Å². The first-order chi connectivity index (χ1) is 13.9. The molecule has 0 unspecified atom stereocenters. The Bertz CT molecular complexity index is 1250. The molecule has 148 valence electrons. The number of oxazole rings is 1. The Balaban J connectivity index is 1.61. The van der Waals surface area contributed by atoms with Crippen LogP contribution in [-0.4, -0.2) is 22.1 Å². The number of aryl methyl sites for hydroxylation is 1. The normalized spacial score (nSPS) is 10.9. The maximum absolute atomic E-state index is 13.9. The van der Waals surface area contributed by atoms with Crippen LogP contribution < -0.4 is 21.1 Å². The van der Waals surface area contributed by atoms with E-state index in [0.717, 1.165) is 17.7 Å². The number of hydrogen-bond acceptors (Lipinski definition) is 7. The van der Waals surface area contributed by atoms with Gasteiger partial charge in [0.1, 0.15) is 5.82 Å². The molecular weight excluding hydrogens is 384 g/mol. The van der Waals surface area contributed by atoms with E-state index in [0.29, 0.717) is 22.6 Å². The number of anilines is 4. The Hall–Kier alpha value is -3.95. The average Bonchev–Trinajstić information content (AvgIpc) is 3.03. The average molecular weight is 399 g/mol. The fraction of sp³-hybridized carbons (Fsp3) is 0.105. The van der Waals surface area contributed by atoms with Gasteiger partial charge in [-0.3, -0.25) is 4.98 Å². The summed E-state index contributed by atoms with van der Waals surface area (Å²) in [6.07, 6.45) is 1.56. The summed E-state index contributed by atoms with van der Waals surface area (Å²) in [6, 6.07) is 7.24. The van der Waals surface area contributed by atoms with Gasteiger partial charge >= 0.3 is 5.76 Å². The van der Waals surface area contributed by atoms with E-state index in [-0.39, 0.29) is 11.6 Å². The van der Waals surface area contributed by atoms with Crippen LogP contribution in [-0.2, 0) is 0 Å². The molecule has 0 aliphatic carbocycles. The molecule has 3 N–H and O–H groups in total. The van der Waals surface area contributed by atoms with Gasteiger partial charge in [0, 0.05) is 35.3 Å². The molecule has 0 aliphatic heterocycles. The van der Waals surface area contributed by atoms with Crippen LogP contribution in [0.15, 0.2) is 45.7 Å². The Labute approximate surface area is 162 Å². The third-order valence-electron chi connectivity index (χ3n) is 4.11. The molecular formula is C19H15F2N5O3. The van der Waals surface area contributed by atoms with Gasteiger partial charge < -0.3 is 19.8 Å². The van der Waals surface area contributed by atoms with Crippen molar-refractivity contribution in [1.82, 2.24) is 15.0 Å². The van der Waals surface area contributed by atoms with E-state index < -0.39 is 23.1 Å². The molecule has 10 heteroatoms. The fourth-order valence-corrected chi connectivity index (χ4v) is 2.75. The van der Waals surface area contributed by atoms with Crippen LogP contribution in [0, 0.1) is 18.6 Å². The molecule has 4 aromatic rings. The minimum Gasteiger partial charge on any atom is -0.491 e. The van der Waals surface area contributed by atoms with E-state index in [4.69, 9.17) is 4.42 Å². The predicted octanol–water partition coefficient (Wildman–Crippen LogP) is 3.99. The van der Waals surface area contributed by atoms with Crippen molar-refractivity contribution < 1.29 is 17.9 Å². The molecule has 2 aromatic heterocycles. The van der Waals surface area contributed by atoms with E-state index in [1.165, 1.54) is 7.11 Å². The fourth-order valence-electron chi connectivity index (χ4n) is 2.75. The predicted molar refractivity (Wildman–Crippen MR) is 103 cm³/mol. The zero-order chi connectivity index (χ0) is 20.5. The first-order valence-corrected chi connectivity index (χ1v) is 8.46. The summed E-state index contributed by atoms with van der Waals surface area (Å²) < 4.78 is 37.4. The number of aromatic nitrogens is 3. The number of hydrogen-bond donors (Lipinski definition) is 3. The molecule has 0 amide bonds. The van der Waals surface area contributed by atoms with Crippen LogP contribution in [0.4, 0.5) is 31.9 Å². The van der Waals surface area contributed by atoms with Crippen LogP contribution in [0.2, 0.25) is 0 Å². The minimum atomic E-state index is -0.845. The lowest BCUT2D eigenvalue weighted by Gasteiger charge is -2.12. The molecule has 0 saturated carbocycles. The van der Waals surface area contributed by atoms with Crippen LogP contribution in [0.1, 0.15) is 5.56 Å². The highest BCUT2D eigenvalue weighted by atomic mass is 19.1. The van der Waals surface area contributed by atoms with Crippen LogP contribution in [0.3, 0.4) is 0 Å². The maximum Gasteiger partial charge on any atom is 0.417 e. The second-order valence-electron chi connectivity index (χ2n) is 6.17. The van der Waals surface area contributed by atoms with Crippen LogP contribution in [0.25, 0.3) is 11.1 Å². The summed E-state index contributed by atoms with van der Waals surface area (Å²) in [5.41, 5.74) is 2.50. The molecule has 0 saturated heterocycles. The quantitative estimate of drug-likeness (QED) is 0.466. The number of fused-ring (bicyclic) bond motifs is 1. The van der Waals surface area contributed by atoms with Gasteiger partial charge in [-0.1, -0.05) is 0 Å². The SMILES string of the molecule is COc1c(F)cc(Nc2ncc(C)c(Nc3ccc4oc(=O)[nH]c4c3)n2)cc1F. The lowest BCUT2D eigenvalue weighted by molar-refractivity contribution is 0.360. The number of benzene rings is 2. The van der Waals surface area contributed by atoms with Crippen LogP contribution >= 0.6 is 0 Å². The lowest BCUT2D eigenvalue weighted by Crippen LogP contribution is -2.04. The molecule has 2 aromatic carbocycles. The summed E-state index contributed by atoms with van der Waals surface area (Å²) in [5.74, 6) is -2.08. The number of nitrogens with zero attached hydrogens (tertiary/aromatic N) is 2. The monoisotopic (exact) mass is 399 g/mol. The Morgan fingerprint density at radius 3 is 2.59 bits per heavy atom. The zero-order valence-electron chi connectivity index (χ0n) is 15.3. The van der Waals surface area contributed by atoms with Crippen molar-refractivity contribution in [2.24, 2.45) is 0 Å². The summed E-state index contributed by atoms with van der Waals surface area (Å²) in [7, 11) is 1.19. The molecule has 0 radical (unpaired) electrons. The van der Waals surface area contributed by atoms with Gasteiger partial charge in [-0.05, 0) is 25.1 Å². The molecule has 0 fully saturated rings. The van der Waals surface area contributed by atoms with Crippen LogP contribution in [0.5, 0.6) is 5.75 Å². The Morgan fingerprint density at radius 1 is 1.10 bits per heavy atom. The first kappa shape index (κ1) is 18.4. The van der Waals surface area contributed by atoms with Crippen molar-refractivity contribution in [2.45, 2.75) is 6.92 Å². The number of H-pyrrole nitrogens is 1. The van der Waals surface area contributed by atoms with Gasteiger partial charge in [-0.25, -0.2) is 18.6 Å². The highest BCUT2D eigenvalue weighted by molar-refractivity contribution is 5.78. The smallest absolute Gasteiger partial charge is 0.417 e. The number of ether oxygens (including phenoxy) is 1. The third-order valence-corrected chi connectivity index (χ3v) is 4.11. The van der Waals surface area contributed by atoms with Gasteiger partial charge in [0.2, 0.25) is 5.95 Å². The Kier molecular flexibility index (Phi) is 4.59. The van der Waals surface area contributed by atoms with E-state index in [1.54, 1.807) is 31.3 Å². The van der Waals surface area contributed by atoms with E-state index in [1.807, 2.05) is 0 Å². The number of rotatable bonds is 5.